The monoisotopic (exact) mass is 332 g/mol. The molecule has 0 aliphatic carbocycles. The Bertz CT molecular complexity index is 457. The van der Waals surface area contributed by atoms with E-state index < -0.39 is 0 Å². The third kappa shape index (κ3) is 2.85. The Kier molecular flexibility index (Phi) is 3.47. The van der Waals surface area contributed by atoms with Crippen molar-refractivity contribution in [1.29, 1.82) is 0 Å². The average Bonchev–Trinajstić information content (AvgIpc) is 2.63. The molecule has 6 heteroatoms. The fourth-order valence-corrected chi connectivity index (χ4v) is 2.30. The molecule has 78 valence electrons. The molecule has 2 heterocycles. The Morgan fingerprint density at radius 1 is 1.40 bits per heavy atom. The molecule has 0 aliphatic rings. The van der Waals surface area contributed by atoms with E-state index in [1.165, 1.54) is 11.2 Å². The van der Waals surface area contributed by atoms with Crippen molar-refractivity contribution in [2.24, 2.45) is 0 Å². The second-order valence-electron chi connectivity index (χ2n) is 2.94. The van der Waals surface area contributed by atoms with Crippen molar-refractivity contribution in [3.8, 4) is 0 Å². The van der Waals surface area contributed by atoms with Gasteiger partial charge in [-0.15, -0.1) is 11.3 Å². The maximum atomic E-state index is 4.27. The van der Waals surface area contributed by atoms with E-state index in [0.717, 1.165) is 14.4 Å². The van der Waals surface area contributed by atoms with E-state index >= 15 is 0 Å². The normalized spacial score (nSPS) is 10.3. The topological polar surface area (TPSA) is 50.7 Å². The van der Waals surface area contributed by atoms with Gasteiger partial charge in [-0.1, -0.05) is 0 Å². The number of anilines is 1. The van der Waals surface area contributed by atoms with Crippen LogP contribution in [0.4, 0.5) is 5.82 Å². The summed E-state index contributed by atoms with van der Waals surface area (Å²) >= 11 is 3.90. The van der Waals surface area contributed by atoms with Gasteiger partial charge in [0.2, 0.25) is 0 Å². The SMILES string of the molecule is Cc1cnc(CNc2ncncc2I)s1. The van der Waals surface area contributed by atoms with E-state index in [1.54, 1.807) is 17.5 Å². The fraction of sp³-hybridized carbons (Fsp3) is 0.222. The summed E-state index contributed by atoms with van der Waals surface area (Å²) in [7, 11) is 0. The van der Waals surface area contributed by atoms with Gasteiger partial charge in [0.15, 0.2) is 0 Å². The molecule has 0 saturated carbocycles. The number of nitrogens with zero attached hydrogens (tertiary/aromatic N) is 3. The number of hydrogen-bond donors (Lipinski definition) is 1. The van der Waals surface area contributed by atoms with Gasteiger partial charge in [0.05, 0.1) is 10.1 Å². The first-order valence-corrected chi connectivity index (χ1v) is 6.26. The predicted molar refractivity (Wildman–Crippen MR) is 68.9 cm³/mol. The van der Waals surface area contributed by atoms with Crippen LogP contribution in [0.15, 0.2) is 18.7 Å². The molecule has 0 fully saturated rings. The average molecular weight is 332 g/mol. The van der Waals surface area contributed by atoms with E-state index in [-0.39, 0.29) is 0 Å². The van der Waals surface area contributed by atoms with Crippen LogP contribution < -0.4 is 5.32 Å². The first-order valence-electron chi connectivity index (χ1n) is 4.36. The van der Waals surface area contributed by atoms with Crippen LogP contribution in [0.5, 0.6) is 0 Å². The zero-order valence-electron chi connectivity index (χ0n) is 8.07. The highest BCUT2D eigenvalue weighted by Gasteiger charge is 2.02. The smallest absolute Gasteiger partial charge is 0.143 e. The minimum atomic E-state index is 0.714. The van der Waals surface area contributed by atoms with Crippen LogP contribution in [0.3, 0.4) is 0 Å². The summed E-state index contributed by atoms with van der Waals surface area (Å²) in [6.45, 7) is 2.77. The minimum absolute atomic E-state index is 0.714. The number of rotatable bonds is 3. The van der Waals surface area contributed by atoms with Crippen LogP contribution in [0.1, 0.15) is 9.88 Å². The molecule has 0 bridgehead atoms. The van der Waals surface area contributed by atoms with Crippen molar-refractivity contribution in [1.82, 2.24) is 15.0 Å². The van der Waals surface area contributed by atoms with Gasteiger partial charge in [-0.05, 0) is 29.5 Å². The van der Waals surface area contributed by atoms with Crippen LogP contribution in [0, 0.1) is 10.5 Å². The molecule has 0 spiro atoms. The molecule has 0 saturated heterocycles. The highest BCUT2D eigenvalue weighted by atomic mass is 127. The van der Waals surface area contributed by atoms with Gasteiger partial charge >= 0.3 is 0 Å². The Balaban J connectivity index is 2.02. The first-order chi connectivity index (χ1) is 7.25. The summed E-state index contributed by atoms with van der Waals surface area (Å²) in [4.78, 5) is 13.6. The van der Waals surface area contributed by atoms with Crippen molar-refractivity contribution in [3.05, 3.63) is 32.2 Å². The molecular formula is C9H9IN4S. The molecular weight excluding hydrogens is 323 g/mol. The number of nitrogens with one attached hydrogen (secondary N) is 1. The van der Waals surface area contributed by atoms with Crippen LogP contribution in [-0.2, 0) is 6.54 Å². The summed E-state index contributed by atoms with van der Waals surface area (Å²) in [6, 6.07) is 0. The van der Waals surface area contributed by atoms with Crippen LogP contribution >= 0.6 is 33.9 Å². The molecule has 0 aliphatic heterocycles. The Labute approximate surface area is 105 Å². The lowest BCUT2D eigenvalue weighted by atomic mass is 10.5. The molecule has 1 N–H and O–H groups in total. The fourth-order valence-electron chi connectivity index (χ4n) is 1.09. The lowest BCUT2D eigenvalue weighted by Gasteiger charge is -2.03. The number of hydrogen-bond acceptors (Lipinski definition) is 5. The van der Waals surface area contributed by atoms with Gasteiger partial charge in [0.1, 0.15) is 17.2 Å². The van der Waals surface area contributed by atoms with Crippen molar-refractivity contribution in [2.45, 2.75) is 13.5 Å². The number of aromatic nitrogens is 3. The molecule has 0 atom stereocenters. The molecule has 2 rings (SSSR count). The molecule has 0 unspecified atom stereocenters. The molecule has 0 radical (unpaired) electrons. The van der Waals surface area contributed by atoms with Gasteiger partial charge in [0, 0.05) is 17.3 Å². The summed E-state index contributed by atoms with van der Waals surface area (Å²) in [5.41, 5.74) is 0. The third-order valence-electron chi connectivity index (χ3n) is 1.74. The summed E-state index contributed by atoms with van der Waals surface area (Å²) in [5.74, 6) is 0.860. The van der Waals surface area contributed by atoms with Crippen molar-refractivity contribution in [3.63, 3.8) is 0 Å². The molecule has 0 amide bonds. The molecule has 15 heavy (non-hydrogen) atoms. The third-order valence-corrected chi connectivity index (χ3v) is 3.45. The van der Waals surface area contributed by atoms with E-state index in [9.17, 15) is 0 Å². The quantitative estimate of drug-likeness (QED) is 0.878. The Morgan fingerprint density at radius 3 is 2.93 bits per heavy atom. The van der Waals surface area contributed by atoms with E-state index in [1.807, 2.05) is 6.20 Å². The zero-order valence-corrected chi connectivity index (χ0v) is 11.0. The van der Waals surface area contributed by atoms with Gasteiger partial charge in [-0.25, -0.2) is 15.0 Å². The second-order valence-corrected chi connectivity index (χ2v) is 5.42. The minimum Gasteiger partial charge on any atom is -0.363 e. The summed E-state index contributed by atoms with van der Waals surface area (Å²) < 4.78 is 1.02. The van der Waals surface area contributed by atoms with Gasteiger partial charge in [-0.3, -0.25) is 0 Å². The molecule has 2 aromatic heterocycles. The number of thiazole rings is 1. The highest BCUT2D eigenvalue weighted by Crippen LogP contribution is 2.16. The van der Waals surface area contributed by atoms with E-state index in [4.69, 9.17) is 0 Å². The lowest BCUT2D eigenvalue weighted by Crippen LogP contribution is -2.02. The van der Waals surface area contributed by atoms with Crippen molar-refractivity contribution < 1.29 is 0 Å². The van der Waals surface area contributed by atoms with Crippen LogP contribution in [0.2, 0.25) is 0 Å². The number of halogens is 1. The largest absolute Gasteiger partial charge is 0.363 e. The van der Waals surface area contributed by atoms with E-state index in [0.29, 0.717) is 6.54 Å². The van der Waals surface area contributed by atoms with Crippen LogP contribution in [0.25, 0.3) is 0 Å². The maximum absolute atomic E-state index is 4.27. The van der Waals surface area contributed by atoms with Crippen LogP contribution in [-0.4, -0.2) is 15.0 Å². The highest BCUT2D eigenvalue weighted by molar-refractivity contribution is 14.1. The lowest BCUT2D eigenvalue weighted by molar-refractivity contribution is 1.05. The van der Waals surface area contributed by atoms with Crippen molar-refractivity contribution in [2.75, 3.05) is 5.32 Å². The predicted octanol–water partition coefficient (Wildman–Crippen LogP) is 2.46. The second kappa shape index (κ2) is 4.84. The first kappa shape index (κ1) is 10.7. The summed E-state index contributed by atoms with van der Waals surface area (Å²) in [6.07, 6.45) is 5.20. The number of aryl methyl sites for hydroxylation is 1. The Hall–Kier alpha value is -0.760. The standard InChI is InChI=1S/C9H9IN4S/c1-6-2-12-8(15-6)4-13-9-7(10)3-11-5-14-9/h2-3,5H,4H2,1H3,(H,11,13,14). The molecule has 4 nitrogen and oxygen atoms in total. The molecule has 0 aromatic carbocycles. The van der Waals surface area contributed by atoms with Gasteiger partial charge in [0.25, 0.3) is 0 Å². The van der Waals surface area contributed by atoms with Gasteiger partial charge < -0.3 is 5.32 Å². The molecule has 2 aromatic rings. The van der Waals surface area contributed by atoms with E-state index in [2.05, 4.69) is 49.8 Å². The van der Waals surface area contributed by atoms with Crippen molar-refractivity contribution >= 4 is 39.7 Å². The zero-order chi connectivity index (χ0) is 10.7. The maximum Gasteiger partial charge on any atom is 0.143 e. The Morgan fingerprint density at radius 2 is 2.27 bits per heavy atom. The summed E-state index contributed by atoms with van der Waals surface area (Å²) in [5, 5.41) is 4.30. The van der Waals surface area contributed by atoms with Gasteiger partial charge in [-0.2, -0.15) is 0 Å².